The molecule has 0 radical (unpaired) electrons. The second kappa shape index (κ2) is 9.86. The smallest absolute Gasteiger partial charge is 0.325 e. The second-order valence-corrected chi connectivity index (χ2v) is 10.7. The topological polar surface area (TPSA) is 41.4 Å². The maximum absolute atomic E-state index is 15.3. The minimum absolute atomic E-state index is 0.186. The summed E-state index contributed by atoms with van der Waals surface area (Å²) in [6, 6.07) is 10.4. The molecular formula is C29H31F3N4O. The normalized spacial score (nSPS) is 18.2. The van der Waals surface area contributed by atoms with Crippen LogP contribution in [0.15, 0.2) is 41.2 Å². The molecule has 194 valence electrons. The van der Waals surface area contributed by atoms with Crippen molar-refractivity contribution in [2.24, 2.45) is 0 Å². The molecule has 0 spiro atoms. The van der Waals surface area contributed by atoms with Gasteiger partial charge in [0.25, 0.3) is 6.43 Å². The van der Waals surface area contributed by atoms with Gasteiger partial charge in [0.05, 0.1) is 23.5 Å². The minimum atomic E-state index is -2.38. The quantitative estimate of drug-likeness (QED) is 0.441. The molecule has 1 unspecified atom stereocenters. The van der Waals surface area contributed by atoms with Gasteiger partial charge in [0.2, 0.25) is 0 Å². The van der Waals surface area contributed by atoms with Crippen LogP contribution in [-0.2, 0) is 12.0 Å². The Balaban J connectivity index is 1.59. The van der Waals surface area contributed by atoms with Crippen LogP contribution >= 0.6 is 0 Å². The number of nitrogens with zero attached hydrogens (tertiary/aromatic N) is 4. The number of aromatic nitrogens is 2. The van der Waals surface area contributed by atoms with Crippen molar-refractivity contribution in [2.45, 2.75) is 64.5 Å². The zero-order valence-electron chi connectivity index (χ0n) is 21.4. The standard InChI is InChI=1S/C29H31F3N4O/c1-29(2,3)36-24-13-5-11-22(30)26(24)27(33-28(36)37)35-17-7-10-21-19(8-4-12-23(21)35)14-15-20-9-6-16-34(20)18-25(31)32/h4-5,8,11-13,20,25H,6-7,9-10,16-18H2,1-3H3. The maximum atomic E-state index is 15.3. The Morgan fingerprint density at radius 2 is 1.89 bits per heavy atom. The molecule has 5 nitrogen and oxygen atoms in total. The lowest BCUT2D eigenvalue weighted by molar-refractivity contribution is 0.0913. The van der Waals surface area contributed by atoms with Gasteiger partial charge in [-0.2, -0.15) is 4.98 Å². The van der Waals surface area contributed by atoms with Crippen LogP contribution in [0.4, 0.5) is 24.7 Å². The summed E-state index contributed by atoms with van der Waals surface area (Å²) >= 11 is 0. The van der Waals surface area contributed by atoms with Gasteiger partial charge in [-0.05, 0) is 82.8 Å². The van der Waals surface area contributed by atoms with Crippen molar-refractivity contribution in [2.75, 3.05) is 24.5 Å². The molecule has 1 saturated heterocycles. The Hall–Kier alpha value is -3.31. The first-order valence-corrected chi connectivity index (χ1v) is 12.8. The van der Waals surface area contributed by atoms with Gasteiger partial charge in [0.1, 0.15) is 5.82 Å². The average molecular weight is 509 g/mol. The molecule has 2 aliphatic heterocycles. The Bertz CT molecular complexity index is 1450. The monoisotopic (exact) mass is 508 g/mol. The summed E-state index contributed by atoms with van der Waals surface area (Å²) in [6.07, 6.45) is 0.822. The van der Waals surface area contributed by atoms with Crippen molar-refractivity contribution >= 4 is 22.4 Å². The van der Waals surface area contributed by atoms with Crippen LogP contribution in [0.3, 0.4) is 0 Å². The highest BCUT2D eigenvalue weighted by atomic mass is 19.3. The number of fused-ring (bicyclic) bond motifs is 2. The lowest BCUT2D eigenvalue weighted by Gasteiger charge is -2.33. The lowest BCUT2D eigenvalue weighted by Crippen LogP contribution is -2.38. The number of anilines is 2. The summed E-state index contributed by atoms with van der Waals surface area (Å²) in [4.78, 5) is 21.3. The van der Waals surface area contributed by atoms with Crippen LogP contribution in [0, 0.1) is 17.7 Å². The van der Waals surface area contributed by atoms with E-state index in [2.05, 4.69) is 16.8 Å². The summed E-state index contributed by atoms with van der Waals surface area (Å²) in [7, 11) is 0. The fourth-order valence-electron chi connectivity index (χ4n) is 5.57. The molecule has 2 aromatic carbocycles. The van der Waals surface area contributed by atoms with Gasteiger partial charge >= 0.3 is 5.69 Å². The molecule has 0 aliphatic carbocycles. The van der Waals surface area contributed by atoms with Crippen molar-refractivity contribution in [3.05, 3.63) is 63.8 Å². The molecule has 2 aliphatic rings. The number of likely N-dealkylation sites (tertiary alicyclic amines) is 1. The number of hydrogen-bond donors (Lipinski definition) is 0. The van der Waals surface area contributed by atoms with Crippen LogP contribution in [0.5, 0.6) is 0 Å². The van der Waals surface area contributed by atoms with Crippen molar-refractivity contribution in [1.29, 1.82) is 0 Å². The van der Waals surface area contributed by atoms with Gasteiger partial charge in [-0.25, -0.2) is 18.0 Å². The highest BCUT2D eigenvalue weighted by Gasteiger charge is 2.28. The number of hydrogen-bond acceptors (Lipinski definition) is 4. The van der Waals surface area contributed by atoms with E-state index in [0.717, 1.165) is 42.5 Å². The van der Waals surface area contributed by atoms with E-state index in [1.165, 1.54) is 10.6 Å². The number of benzene rings is 2. The van der Waals surface area contributed by atoms with E-state index in [-0.39, 0.29) is 12.6 Å². The van der Waals surface area contributed by atoms with E-state index >= 15 is 4.39 Å². The largest absolute Gasteiger partial charge is 0.350 e. The third-order valence-electron chi connectivity index (χ3n) is 7.14. The summed E-state index contributed by atoms with van der Waals surface area (Å²) < 4.78 is 42.8. The van der Waals surface area contributed by atoms with Crippen LogP contribution in [-0.4, -0.2) is 46.6 Å². The molecule has 3 heterocycles. The van der Waals surface area contributed by atoms with E-state index < -0.39 is 23.5 Å². The molecule has 0 bridgehead atoms. The molecular weight excluding hydrogens is 477 g/mol. The second-order valence-electron chi connectivity index (χ2n) is 10.7. The summed E-state index contributed by atoms with van der Waals surface area (Å²) in [5.74, 6) is 6.36. The zero-order chi connectivity index (χ0) is 26.3. The highest BCUT2D eigenvalue weighted by molar-refractivity contribution is 5.93. The summed E-state index contributed by atoms with van der Waals surface area (Å²) in [5, 5.41) is 0.315. The van der Waals surface area contributed by atoms with Gasteiger partial charge in [0.15, 0.2) is 5.82 Å². The molecule has 0 N–H and O–H groups in total. The summed E-state index contributed by atoms with van der Waals surface area (Å²) in [6.45, 7) is 6.65. The molecule has 1 atom stereocenters. The Morgan fingerprint density at radius 1 is 1.11 bits per heavy atom. The van der Waals surface area contributed by atoms with Gasteiger partial charge < -0.3 is 4.90 Å². The van der Waals surface area contributed by atoms with E-state index in [4.69, 9.17) is 0 Å². The average Bonchev–Trinajstić information content (AvgIpc) is 3.27. The predicted octanol–water partition coefficient (Wildman–Crippen LogP) is 5.46. The van der Waals surface area contributed by atoms with Crippen molar-refractivity contribution < 1.29 is 13.2 Å². The number of alkyl halides is 2. The fourth-order valence-corrected chi connectivity index (χ4v) is 5.57. The van der Waals surface area contributed by atoms with Crippen LogP contribution in [0.1, 0.15) is 51.2 Å². The Kier molecular flexibility index (Phi) is 6.76. The molecule has 1 fully saturated rings. The Morgan fingerprint density at radius 3 is 2.65 bits per heavy atom. The lowest BCUT2D eigenvalue weighted by atomic mass is 9.95. The van der Waals surface area contributed by atoms with Gasteiger partial charge in [-0.15, -0.1) is 0 Å². The van der Waals surface area contributed by atoms with Crippen LogP contribution in [0.25, 0.3) is 10.9 Å². The van der Waals surface area contributed by atoms with Crippen molar-refractivity contribution in [3.63, 3.8) is 0 Å². The molecule has 0 amide bonds. The third kappa shape index (κ3) is 4.85. The minimum Gasteiger partial charge on any atom is -0.325 e. The van der Waals surface area contributed by atoms with E-state index in [1.54, 1.807) is 17.0 Å². The van der Waals surface area contributed by atoms with Gasteiger partial charge in [0, 0.05) is 23.3 Å². The van der Waals surface area contributed by atoms with E-state index in [0.29, 0.717) is 29.8 Å². The Labute approximate surface area is 214 Å². The van der Waals surface area contributed by atoms with Crippen LogP contribution < -0.4 is 10.6 Å². The van der Waals surface area contributed by atoms with Crippen LogP contribution in [0.2, 0.25) is 0 Å². The number of halogens is 3. The molecule has 37 heavy (non-hydrogen) atoms. The SMILES string of the molecule is CC(C)(C)n1c(=O)nc(N2CCCc3c(C#CC4CCCN4CC(F)F)cccc32)c2c(F)cccc21. The number of rotatable bonds is 3. The van der Waals surface area contributed by atoms with Gasteiger partial charge in [-0.1, -0.05) is 24.0 Å². The first-order chi connectivity index (χ1) is 17.6. The van der Waals surface area contributed by atoms with Crippen molar-refractivity contribution in [3.8, 4) is 11.8 Å². The highest BCUT2D eigenvalue weighted by Crippen LogP contribution is 2.38. The molecule has 0 saturated carbocycles. The van der Waals surface area contributed by atoms with E-state index in [9.17, 15) is 13.6 Å². The van der Waals surface area contributed by atoms with Gasteiger partial charge in [-0.3, -0.25) is 9.47 Å². The van der Waals surface area contributed by atoms with E-state index in [1.807, 2.05) is 43.9 Å². The first-order valence-electron chi connectivity index (χ1n) is 12.8. The third-order valence-corrected chi connectivity index (χ3v) is 7.14. The zero-order valence-corrected chi connectivity index (χ0v) is 21.4. The molecule has 8 heteroatoms. The fraction of sp³-hybridized carbons (Fsp3) is 0.448. The summed E-state index contributed by atoms with van der Waals surface area (Å²) in [5.41, 5.74) is 2.19. The maximum Gasteiger partial charge on any atom is 0.350 e. The van der Waals surface area contributed by atoms with Crippen molar-refractivity contribution in [1.82, 2.24) is 14.5 Å². The molecule has 1 aromatic heterocycles. The molecule has 5 rings (SSSR count). The first kappa shape index (κ1) is 25.3. The molecule has 3 aromatic rings. The predicted molar refractivity (Wildman–Crippen MR) is 140 cm³/mol.